The van der Waals surface area contributed by atoms with Crippen molar-refractivity contribution >= 4 is 23.9 Å². The Morgan fingerprint density at radius 3 is 2.15 bits per heavy atom. The Morgan fingerprint density at radius 2 is 1.59 bits per heavy atom. The predicted molar refractivity (Wildman–Crippen MR) is 122 cm³/mol. The lowest BCUT2D eigenvalue weighted by Gasteiger charge is -2.59. The molecule has 0 spiro atoms. The Bertz CT molecular complexity index is 881. The number of esters is 2. The molecule has 9 nitrogen and oxygen atoms in total. The lowest BCUT2D eigenvalue weighted by Crippen LogP contribution is -2.61. The number of alkyl carbamates (subject to hydrolysis) is 1. The molecule has 0 aromatic heterocycles. The molecule has 4 fully saturated rings. The maximum atomic E-state index is 13.5. The van der Waals surface area contributed by atoms with E-state index in [9.17, 15) is 19.2 Å². The van der Waals surface area contributed by atoms with Crippen molar-refractivity contribution in [3.05, 3.63) is 0 Å². The van der Waals surface area contributed by atoms with Crippen LogP contribution in [0.15, 0.2) is 0 Å². The minimum Gasteiger partial charge on any atom is -0.469 e. The summed E-state index contributed by atoms with van der Waals surface area (Å²) in [5, 5.41) is 5.37. The van der Waals surface area contributed by atoms with Crippen molar-refractivity contribution < 1.29 is 33.4 Å². The van der Waals surface area contributed by atoms with Crippen molar-refractivity contribution in [3.63, 3.8) is 0 Å². The zero-order chi connectivity index (χ0) is 25.1. The van der Waals surface area contributed by atoms with Crippen LogP contribution in [0.2, 0.25) is 0 Å². The van der Waals surface area contributed by atoms with Gasteiger partial charge in [0.15, 0.2) is 0 Å². The second-order valence-corrected chi connectivity index (χ2v) is 11.0. The molecule has 9 heteroatoms. The van der Waals surface area contributed by atoms with Gasteiger partial charge in [-0.15, -0.1) is 0 Å². The van der Waals surface area contributed by atoms with Crippen LogP contribution < -0.4 is 10.6 Å². The average molecular weight is 477 g/mol. The molecule has 0 aromatic carbocycles. The van der Waals surface area contributed by atoms with Gasteiger partial charge in [0.2, 0.25) is 5.91 Å². The van der Waals surface area contributed by atoms with Gasteiger partial charge in [0, 0.05) is 6.42 Å². The summed E-state index contributed by atoms with van der Waals surface area (Å²) in [5.41, 5.74) is -1.90. The molecule has 0 radical (unpaired) electrons. The van der Waals surface area contributed by atoms with Crippen LogP contribution in [-0.4, -0.2) is 56.3 Å². The topological polar surface area (TPSA) is 120 Å². The van der Waals surface area contributed by atoms with E-state index in [1.165, 1.54) is 14.2 Å². The van der Waals surface area contributed by atoms with Crippen molar-refractivity contribution in [2.24, 2.45) is 22.7 Å². The van der Waals surface area contributed by atoms with Crippen LogP contribution in [-0.2, 0) is 28.6 Å². The third-order valence-corrected chi connectivity index (χ3v) is 7.10. The number of methoxy groups -OCH3 is 2. The number of rotatable bonds is 6. The van der Waals surface area contributed by atoms with E-state index in [0.717, 1.165) is 19.3 Å². The second-order valence-electron chi connectivity index (χ2n) is 11.0. The van der Waals surface area contributed by atoms with E-state index in [1.807, 2.05) is 0 Å². The van der Waals surface area contributed by atoms with E-state index in [0.29, 0.717) is 31.1 Å². The highest BCUT2D eigenvalue weighted by Gasteiger charge is 2.63. The Morgan fingerprint density at radius 1 is 0.971 bits per heavy atom. The Kier molecular flexibility index (Phi) is 7.49. The largest absolute Gasteiger partial charge is 0.469 e. The van der Waals surface area contributed by atoms with Gasteiger partial charge in [0.25, 0.3) is 0 Å². The van der Waals surface area contributed by atoms with Crippen molar-refractivity contribution in [1.82, 2.24) is 10.6 Å². The first kappa shape index (κ1) is 25.9. The standard InChI is InChI=1S/C25H36N2O7/c1-23(2,3)34-22(31)26-9-7-6-8-18(19(28)32-4)27-20(29)24-11-16-10-17(12-24)14-25(13-16,15-24)21(30)33-5/h16-18H,8-15H2,1-5H3,(H,26,31)(H,27,29). The van der Waals surface area contributed by atoms with Gasteiger partial charge in [-0.05, 0) is 71.1 Å². The summed E-state index contributed by atoms with van der Waals surface area (Å²) < 4.78 is 15.1. The van der Waals surface area contributed by atoms with E-state index < -0.39 is 34.5 Å². The van der Waals surface area contributed by atoms with Gasteiger partial charge in [-0.25, -0.2) is 9.59 Å². The molecule has 2 amide bonds. The molecular formula is C25H36N2O7. The van der Waals surface area contributed by atoms with Crippen molar-refractivity contribution in [1.29, 1.82) is 0 Å². The van der Waals surface area contributed by atoms with E-state index in [1.54, 1.807) is 20.8 Å². The van der Waals surface area contributed by atoms with Crippen LogP contribution in [0.25, 0.3) is 0 Å². The van der Waals surface area contributed by atoms with Crippen LogP contribution in [0.4, 0.5) is 4.79 Å². The van der Waals surface area contributed by atoms with E-state index in [2.05, 4.69) is 22.5 Å². The second kappa shape index (κ2) is 9.85. The molecule has 3 atom stereocenters. The van der Waals surface area contributed by atoms with Crippen LogP contribution >= 0.6 is 0 Å². The summed E-state index contributed by atoms with van der Waals surface area (Å²) in [6.45, 7) is 5.34. The zero-order valence-corrected chi connectivity index (χ0v) is 20.7. The highest BCUT2D eigenvalue weighted by molar-refractivity contribution is 5.90. The van der Waals surface area contributed by atoms with Crippen LogP contribution in [0.5, 0.6) is 0 Å². The van der Waals surface area contributed by atoms with Gasteiger partial charge in [-0.2, -0.15) is 0 Å². The Balaban J connectivity index is 1.64. The van der Waals surface area contributed by atoms with Gasteiger partial charge >= 0.3 is 18.0 Å². The number of hydrogen-bond donors (Lipinski definition) is 2. The highest BCUT2D eigenvalue weighted by atomic mass is 16.6. The summed E-state index contributed by atoms with van der Waals surface area (Å²) in [4.78, 5) is 50.2. The molecule has 4 aliphatic carbocycles. The lowest BCUT2D eigenvalue weighted by molar-refractivity contribution is -0.182. The van der Waals surface area contributed by atoms with E-state index in [4.69, 9.17) is 14.2 Å². The monoisotopic (exact) mass is 476 g/mol. The first-order valence-corrected chi connectivity index (χ1v) is 11.8. The SMILES string of the molecule is COC(=O)C(CC#CCNC(=O)OC(C)(C)C)NC(=O)C12CC3CC(C1)CC(C(=O)OC)(C3)C2. The number of carbonyl (C=O) groups excluding carboxylic acids is 4. The van der Waals surface area contributed by atoms with E-state index in [-0.39, 0.29) is 24.8 Å². The van der Waals surface area contributed by atoms with Crippen LogP contribution in [0.1, 0.15) is 65.7 Å². The molecule has 2 N–H and O–H groups in total. The lowest BCUT2D eigenvalue weighted by atomic mass is 9.44. The summed E-state index contributed by atoms with van der Waals surface area (Å²) in [6.07, 6.45) is 3.90. The summed E-state index contributed by atoms with van der Waals surface area (Å²) in [7, 11) is 2.66. The maximum absolute atomic E-state index is 13.5. The number of amides is 2. The zero-order valence-electron chi connectivity index (χ0n) is 20.7. The molecule has 4 saturated carbocycles. The maximum Gasteiger partial charge on any atom is 0.408 e. The number of ether oxygens (including phenoxy) is 3. The van der Waals surface area contributed by atoms with Crippen molar-refractivity contribution in [2.45, 2.75) is 77.4 Å². The van der Waals surface area contributed by atoms with Crippen molar-refractivity contribution in [3.8, 4) is 11.8 Å². The van der Waals surface area contributed by atoms with Gasteiger partial charge < -0.3 is 24.8 Å². The molecular weight excluding hydrogens is 440 g/mol. The number of carbonyl (C=O) groups is 4. The fraction of sp³-hybridized carbons (Fsp3) is 0.760. The normalized spacial score (nSPS) is 29.8. The summed E-state index contributed by atoms with van der Waals surface area (Å²) in [5.74, 6) is 5.16. The quantitative estimate of drug-likeness (QED) is 0.343. The third-order valence-electron chi connectivity index (χ3n) is 7.10. The first-order chi connectivity index (χ1) is 15.9. The predicted octanol–water partition coefficient (Wildman–Crippen LogP) is 2.32. The minimum absolute atomic E-state index is 0.0412. The average Bonchev–Trinajstić information content (AvgIpc) is 2.74. The fourth-order valence-electron chi connectivity index (χ4n) is 6.30. The molecule has 0 aromatic rings. The first-order valence-electron chi connectivity index (χ1n) is 11.8. The fourth-order valence-corrected chi connectivity index (χ4v) is 6.30. The molecule has 0 saturated heterocycles. The summed E-state index contributed by atoms with van der Waals surface area (Å²) in [6, 6.07) is -0.936. The van der Waals surface area contributed by atoms with Gasteiger partial charge in [-0.3, -0.25) is 9.59 Å². The van der Waals surface area contributed by atoms with Crippen LogP contribution in [0, 0.1) is 34.5 Å². The molecule has 4 aliphatic rings. The number of nitrogens with one attached hydrogen (secondary N) is 2. The van der Waals surface area contributed by atoms with Gasteiger partial charge in [-0.1, -0.05) is 11.8 Å². The summed E-state index contributed by atoms with van der Waals surface area (Å²) >= 11 is 0. The van der Waals surface area contributed by atoms with Gasteiger partial charge in [0.1, 0.15) is 11.6 Å². The smallest absolute Gasteiger partial charge is 0.408 e. The molecule has 4 rings (SSSR count). The number of hydrogen-bond acceptors (Lipinski definition) is 7. The third kappa shape index (κ3) is 5.65. The highest BCUT2D eigenvalue weighted by Crippen LogP contribution is 2.65. The Labute approximate surface area is 201 Å². The molecule has 3 unspecified atom stereocenters. The Hall–Kier alpha value is -2.76. The van der Waals surface area contributed by atoms with Crippen molar-refractivity contribution in [2.75, 3.05) is 20.8 Å². The molecule has 0 heterocycles. The molecule has 0 aliphatic heterocycles. The van der Waals surface area contributed by atoms with Crippen LogP contribution in [0.3, 0.4) is 0 Å². The minimum atomic E-state index is -0.936. The molecule has 4 bridgehead atoms. The van der Waals surface area contributed by atoms with E-state index >= 15 is 0 Å². The van der Waals surface area contributed by atoms with Gasteiger partial charge in [0.05, 0.1) is 31.6 Å². The molecule has 34 heavy (non-hydrogen) atoms. The molecule has 188 valence electrons.